The summed E-state index contributed by atoms with van der Waals surface area (Å²) >= 11 is 0. The molecule has 0 fully saturated rings. The number of ether oxygens (including phenoxy) is 1. The lowest BCUT2D eigenvalue weighted by Crippen LogP contribution is -2.39. The van der Waals surface area contributed by atoms with E-state index >= 15 is 0 Å². The fourth-order valence-electron chi connectivity index (χ4n) is 2.28. The first-order chi connectivity index (χ1) is 13.0. The van der Waals surface area contributed by atoms with Crippen LogP contribution in [-0.2, 0) is 6.54 Å². The normalized spacial score (nSPS) is 12.7. The van der Waals surface area contributed by atoms with E-state index in [4.69, 9.17) is 0 Å². The number of nitrogens with one attached hydrogen (secondary N) is 2. The molecule has 0 radical (unpaired) electrons. The number of rotatable bonds is 8. The number of hydrogen-bond donors (Lipinski definition) is 3. The lowest BCUT2D eigenvalue weighted by Gasteiger charge is -2.16. The van der Waals surface area contributed by atoms with Crippen molar-refractivity contribution in [2.24, 2.45) is 4.99 Å². The Kier molecular flexibility index (Phi) is 7.94. The van der Waals surface area contributed by atoms with Gasteiger partial charge in [0.2, 0.25) is 0 Å². The lowest BCUT2D eigenvalue weighted by molar-refractivity contribution is -0.0498. The number of nitrogens with zero attached hydrogens (tertiary/aromatic N) is 1. The van der Waals surface area contributed by atoms with Gasteiger partial charge in [-0.1, -0.05) is 24.3 Å². The Hall–Kier alpha value is -2.74. The molecule has 0 aliphatic rings. The summed E-state index contributed by atoms with van der Waals surface area (Å²) in [7, 11) is 0. The standard InChI is InChI=1S/C19H22F3N3O2/c1-2-23-19(24-11-13-3-7-15(20)8-4-13)25-12-17(26)14-5-9-16(10-6-14)27-18(21)22/h3-10,17-18,26H,2,11-12H2,1H3,(H2,23,24,25). The number of aliphatic hydroxyl groups excluding tert-OH is 1. The van der Waals surface area contributed by atoms with Crippen LogP contribution in [0.4, 0.5) is 13.2 Å². The second-order valence-corrected chi connectivity index (χ2v) is 5.67. The highest BCUT2D eigenvalue weighted by Gasteiger charge is 2.10. The number of benzene rings is 2. The molecule has 0 heterocycles. The van der Waals surface area contributed by atoms with Crippen LogP contribution in [0.3, 0.4) is 0 Å². The van der Waals surface area contributed by atoms with Crippen molar-refractivity contribution in [2.75, 3.05) is 13.1 Å². The monoisotopic (exact) mass is 381 g/mol. The molecule has 0 saturated carbocycles. The molecule has 5 nitrogen and oxygen atoms in total. The predicted octanol–water partition coefficient (Wildman–Crippen LogP) is 3.22. The van der Waals surface area contributed by atoms with Crippen molar-refractivity contribution in [3.63, 3.8) is 0 Å². The van der Waals surface area contributed by atoms with E-state index in [9.17, 15) is 18.3 Å². The highest BCUT2D eigenvalue weighted by Crippen LogP contribution is 2.19. The van der Waals surface area contributed by atoms with Crippen LogP contribution in [0, 0.1) is 5.82 Å². The number of guanidine groups is 1. The molecule has 2 aromatic carbocycles. The average Bonchev–Trinajstić information content (AvgIpc) is 2.65. The first-order valence-corrected chi connectivity index (χ1v) is 8.47. The highest BCUT2D eigenvalue weighted by atomic mass is 19.3. The van der Waals surface area contributed by atoms with Crippen LogP contribution in [0.2, 0.25) is 0 Å². The summed E-state index contributed by atoms with van der Waals surface area (Å²) in [5.41, 5.74) is 1.40. The molecule has 2 aromatic rings. The number of halogens is 3. The summed E-state index contributed by atoms with van der Waals surface area (Å²) < 4.78 is 41.5. The maximum atomic E-state index is 12.9. The van der Waals surface area contributed by atoms with Gasteiger partial charge in [0.1, 0.15) is 11.6 Å². The fourth-order valence-corrected chi connectivity index (χ4v) is 2.28. The van der Waals surface area contributed by atoms with Gasteiger partial charge in [0.15, 0.2) is 5.96 Å². The maximum absolute atomic E-state index is 12.9. The van der Waals surface area contributed by atoms with Crippen LogP contribution < -0.4 is 15.4 Å². The molecular formula is C19H22F3N3O2. The quantitative estimate of drug-likeness (QED) is 0.485. The molecule has 27 heavy (non-hydrogen) atoms. The van der Waals surface area contributed by atoms with Crippen molar-refractivity contribution in [3.05, 3.63) is 65.5 Å². The van der Waals surface area contributed by atoms with Crippen LogP contribution in [0.25, 0.3) is 0 Å². The van der Waals surface area contributed by atoms with Crippen LogP contribution in [-0.4, -0.2) is 30.8 Å². The zero-order valence-electron chi connectivity index (χ0n) is 14.8. The predicted molar refractivity (Wildman–Crippen MR) is 97.3 cm³/mol. The van der Waals surface area contributed by atoms with Crippen molar-refractivity contribution in [3.8, 4) is 5.75 Å². The van der Waals surface area contributed by atoms with Gasteiger partial charge in [-0.15, -0.1) is 0 Å². The van der Waals surface area contributed by atoms with Gasteiger partial charge < -0.3 is 20.5 Å². The van der Waals surface area contributed by atoms with Crippen LogP contribution in [0.1, 0.15) is 24.2 Å². The van der Waals surface area contributed by atoms with E-state index in [1.54, 1.807) is 12.1 Å². The van der Waals surface area contributed by atoms with E-state index in [1.807, 2.05) is 6.92 Å². The highest BCUT2D eigenvalue weighted by molar-refractivity contribution is 5.79. The zero-order chi connectivity index (χ0) is 19.6. The van der Waals surface area contributed by atoms with Gasteiger partial charge in [0.05, 0.1) is 12.6 Å². The molecule has 1 atom stereocenters. The Bertz CT molecular complexity index is 722. The van der Waals surface area contributed by atoms with E-state index in [-0.39, 0.29) is 18.1 Å². The first-order valence-electron chi connectivity index (χ1n) is 8.47. The smallest absolute Gasteiger partial charge is 0.387 e. The van der Waals surface area contributed by atoms with Crippen LogP contribution in [0.5, 0.6) is 5.75 Å². The van der Waals surface area contributed by atoms with Crippen molar-refractivity contribution < 1.29 is 23.0 Å². The summed E-state index contributed by atoms with van der Waals surface area (Å²) in [6, 6.07) is 11.8. The Balaban J connectivity index is 1.91. The minimum absolute atomic E-state index is 0.0307. The van der Waals surface area contributed by atoms with Crippen molar-refractivity contribution in [1.29, 1.82) is 0 Å². The Labute approximate surface area is 155 Å². The molecule has 0 bridgehead atoms. The molecule has 0 aliphatic heterocycles. The summed E-state index contributed by atoms with van der Waals surface area (Å²) in [5, 5.41) is 16.3. The number of alkyl halides is 2. The van der Waals surface area contributed by atoms with E-state index < -0.39 is 12.7 Å². The van der Waals surface area contributed by atoms with Crippen LogP contribution in [0.15, 0.2) is 53.5 Å². The molecule has 0 aliphatic carbocycles. The van der Waals surface area contributed by atoms with Crippen molar-refractivity contribution in [2.45, 2.75) is 26.2 Å². The van der Waals surface area contributed by atoms with Crippen molar-refractivity contribution in [1.82, 2.24) is 10.6 Å². The summed E-state index contributed by atoms with van der Waals surface area (Å²) in [4.78, 5) is 4.38. The third-order valence-electron chi connectivity index (χ3n) is 3.63. The summed E-state index contributed by atoms with van der Waals surface area (Å²) in [6.45, 7) is 0.177. The topological polar surface area (TPSA) is 65.9 Å². The third-order valence-corrected chi connectivity index (χ3v) is 3.63. The molecule has 1 unspecified atom stereocenters. The SMILES string of the molecule is CCNC(=NCc1ccc(F)cc1)NCC(O)c1ccc(OC(F)F)cc1. The molecule has 0 saturated heterocycles. The van der Waals surface area contributed by atoms with Gasteiger partial charge in [0, 0.05) is 13.1 Å². The van der Waals surface area contributed by atoms with Gasteiger partial charge >= 0.3 is 6.61 Å². The fraction of sp³-hybridized carbons (Fsp3) is 0.316. The molecule has 3 N–H and O–H groups in total. The molecule has 2 rings (SSSR count). The van der Waals surface area contributed by atoms with Crippen LogP contribution >= 0.6 is 0 Å². The maximum Gasteiger partial charge on any atom is 0.387 e. The van der Waals surface area contributed by atoms with Gasteiger partial charge in [-0.05, 0) is 42.3 Å². The van der Waals surface area contributed by atoms with E-state index in [1.165, 1.54) is 36.4 Å². The summed E-state index contributed by atoms with van der Waals surface area (Å²) in [5.74, 6) is 0.225. The number of aliphatic imine (C=N–C) groups is 1. The number of hydrogen-bond acceptors (Lipinski definition) is 3. The van der Waals surface area contributed by atoms with Crippen molar-refractivity contribution >= 4 is 5.96 Å². The molecule has 8 heteroatoms. The second kappa shape index (κ2) is 10.4. The van der Waals surface area contributed by atoms with Gasteiger partial charge in [-0.2, -0.15) is 8.78 Å². The van der Waals surface area contributed by atoms with Gasteiger partial charge in [-0.3, -0.25) is 0 Å². The minimum Gasteiger partial charge on any atom is -0.435 e. The van der Waals surface area contributed by atoms with E-state index in [0.717, 1.165) is 5.56 Å². The van der Waals surface area contributed by atoms with E-state index in [0.29, 0.717) is 24.6 Å². The summed E-state index contributed by atoms with van der Waals surface area (Å²) in [6.07, 6.45) is -0.861. The zero-order valence-corrected chi connectivity index (χ0v) is 14.8. The van der Waals surface area contributed by atoms with Gasteiger partial charge in [-0.25, -0.2) is 9.38 Å². The molecule has 0 amide bonds. The molecule has 0 spiro atoms. The van der Waals surface area contributed by atoms with E-state index in [2.05, 4.69) is 20.4 Å². The molecule has 146 valence electrons. The Morgan fingerprint density at radius 3 is 2.33 bits per heavy atom. The number of aliphatic hydroxyl groups is 1. The average molecular weight is 381 g/mol. The minimum atomic E-state index is -2.89. The first kappa shape index (κ1) is 20.6. The molecule has 0 aromatic heterocycles. The second-order valence-electron chi connectivity index (χ2n) is 5.67. The Morgan fingerprint density at radius 2 is 1.74 bits per heavy atom. The van der Waals surface area contributed by atoms with Gasteiger partial charge in [0.25, 0.3) is 0 Å². The largest absolute Gasteiger partial charge is 0.435 e. The molecular weight excluding hydrogens is 359 g/mol. The third kappa shape index (κ3) is 7.18. The lowest BCUT2D eigenvalue weighted by atomic mass is 10.1. The Morgan fingerprint density at radius 1 is 1.07 bits per heavy atom.